The van der Waals surface area contributed by atoms with Crippen molar-refractivity contribution in [2.24, 2.45) is 0 Å². The van der Waals surface area contributed by atoms with Crippen molar-refractivity contribution in [2.75, 3.05) is 25.0 Å². The first-order chi connectivity index (χ1) is 15.3. The summed E-state index contributed by atoms with van der Waals surface area (Å²) < 4.78 is 7.59. The fourth-order valence-electron chi connectivity index (χ4n) is 3.11. The molecule has 32 heavy (non-hydrogen) atoms. The van der Waals surface area contributed by atoms with Crippen molar-refractivity contribution in [1.82, 2.24) is 19.7 Å². The Morgan fingerprint density at radius 2 is 2.09 bits per heavy atom. The molecular formula is C21H24ClN5O3S2. The predicted octanol–water partition coefficient (Wildman–Crippen LogP) is 4.77. The average Bonchev–Trinajstić information content (AvgIpc) is 3.43. The number of anilines is 1. The molecule has 0 bridgehead atoms. The van der Waals surface area contributed by atoms with Crippen LogP contribution in [0.15, 0.2) is 35.7 Å². The van der Waals surface area contributed by atoms with Gasteiger partial charge in [0.15, 0.2) is 17.2 Å². The number of nitrogens with one attached hydrogen (secondary N) is 2. The number of likely N-dealkylation sites (N-methyl/N-ethyl adjacent to an activating group) is 1. The topological polar surface area (TPSA) is 92.2 Å². The van der Waals surface area contributed by atoms with Crippen LogP contribution in [-0.2, 0) is 9.59 Å². The molecule has 0 aliphatic heterocycles. The number of aromatic nitrogens is 3. The molecule has 1 aromatic carbocycles. The Kier molecular flexibility index (Phi) is 8.05. The Morgan fingerprint density at radius 1 is 1.34 bits per heavy atom. The number of amides is 2. The van der Waals surface area contributed by atoms with Crippen molar-refractivity contribution < 1.29 is 14.3 Å². The zero-order chi connectivity index (χ0) is 23.3. The van der Waals surface area contributed by atoms with Crippen LogP contribution in [-0.4, -0.2) is 51.2 Å². The van der Waals surface area contributed by atoms with E-state index in [0.717, 1.165) is 4.88 Å². The molecule has 3 aromatic rings. The van der Waals surface area contributed by atoms with Gasteiger partial charge in [0, 0.05) is 18.8 Å². The second-order valence-corrected chi connectivity index (χ2v) is 8.61. The van der Waals surface area contributed by atoms with Crippen LogP contribution in [0, 0.1) is 4.77 Å². The summed E-state index contributed by atoms with van der Waals surface area (Å²) in [6.45, 7) is 6.69. The van der Waals surface area contributed by atoms with E-state index >= 15 is 0 Å². The SMILES string of the molecule is CCN(CC)C(=O)COc1ccc(NC(=O)C(C)n2c(-c3cccs3)n[nH]c2=S)cc1Cl. The van der Waals surface area contributed by atoms with Crippen LogP contribution in [0.2, 0.25) is 5.02 Å². The number of hydrogen-bond donors (Lipinski definition) is 2. The lowest BCUT2D eigenvalue weighted by Crippen LogP contribution is -2.34. The number of nitrogens with zero attached hydrogens (tertiary/aromatic N) is 3. The lowest BCUT2D eigenvalue weighted by molar-refractivity contribution is -0.133. The molecule has 2 amide bonds. The molecule has 0 aliphatic rings. The fourth-order valence-corrected chi connectivity index (χ4v) is 4.35. The molecule has 170 valence electrons. The summed E-state index contributed by atoms with van der Waals surface area (Å²) in [6.07, 6.45) is 0. The molecule has 1 atom stereocenters. The lowest BCUT2D eigenvalue weighted by Gasteiger charge is -2.19. The highest BCUT2D eigenvalue weighted by Crippen LogP contribution is 2.29. The number of H-pyrrole nitrogens is 1. The monoisotopic (exact) mass is 493 g/mol. The van der Waals surface area contributed by atoms with Crippen molar-refractivity contribution >= 4 is 52.7 Å². The van der Waals surface area contributed by atoms with Crippen molar-refractivity contribution in [3.8, 4) is 16.5 Å². The summed E-state index contributed by atoms with van der Waals surface area (Å²) in [6, 6.07) is 8.09. The zero-order valence-corrected chi connectivity index (χ0v) is 20.3. The molecule has 2 heterocycles. The maximum absolute atomic E-state index is 12.9. The number of carbonyl (C=O) groups is 2. The normalized spacial score (nSPS) is 11.8. The summed E-state index contributed by atoms with van der Waals surface area (Å²) in [5.41, 5.74) is 0.502. The molecule has 0 saturated carbocycles. The Balaban J connectivity index is 1.69. The number of halogens is 1. The van der Waals surface area contributed by atoms with E-state index in [4.69, 9.17) is 28.6 Å². The highest BCUT2D eigenvalue weighted by Gasteiger charge is 2.22. The molecule has 11 heteroatoms. The molecular weight excluding hydrogens is 470 g/mol. The second-order valence-electron chi connectivity index (χ2n) is 6.86. The largest absolute Gasteiger partial charge is 0.482 e. The average molecular weight is 494 g/mol. The van der Waals surface area contributed by atoms with E-state index in [1.54, 1.807) is 34.6 Å². The first-order valence-electron chi connectivity index (χ1n) is 10.1. The van der Waals surface area contributed by atoms with Crippen molar-refractivity contribution in [3.05, 3.63) is 45.5 Å². The smallest absolute Gasteiger partial charge is 0.260 e. The summed E-state index contributed by atoms with van der Waals surface area (Å²) in [5.74, 6) is 0.583. The Hall–Kier alpha value is -2.69. The van der Waals surface area contributed by atoms with Gasteiger partial charge in [0.25, 0.3) is 5.91 Å². The maximum atomic E-state index is 12.9. The van der Waals surface area contributed by atoms with Crippen LogP contribution in [0.1, 0.15) is 26.8 Å². The van der Waals surface area contributed by atoms with Gasteiger partial charge in [-0.05, 0) is 62.6 Å². The van der Waals surface area contributed by atoms with Gasteiger partial charge in [-0.15, -0.1) is 11.3 Å². The van der Waals surface area contributed by atoms with Crippen LogP contribution in [0.3, 0.4) is 0 Å². The Labute approximate surface area is 200 Å². The number of ether oxygens (including phenoxy) is 1. The molecule has 0 aliphatic carbocycles. The van der Waals surface area contributed by atoms with Crippen LogP contribution in [0.4, 0.5) is 5.69 Å². The minimum absolute atomic E-state index is 0.103. The molecule has 0 saturated heterocycles. The van der Waals surface area contributed by atoms with E-state index in [1.807, 2.05) is 31.4 Å². The maximum Gasteiger partial charge on any atom is 0.260 e. The molecule has 8 nitrogen and oxygen atoms in total. The molecule has 3 rings (SSSR count). The lowest BCUT2D eigenvalue weighted by atomic mass is 10.2. The van der Waals surface area contributed by atoms with Gasteiger partial charge in [0.2, 0.25) is 5.91 Å². The van der Waals surface area contributed by atoms with E-state index in [1.165, 1.54) is 11.3 Å². The van der Waals surface area contributed by atoms with Gasteiger partial charge in [-0.25, -0.2) is 0 Å². The Bertz CT molecular complexity index is 1140. The predicted molar refractivity (Wildman–Crippen MR) is 129 cm³/mol. The number of rotatable bonds is 9. The van der Waals surface area contributed by atoms with Crippen LogP contribution in [0.25, 0.3) is 10.7 Å². The summed E-state index contributed by atoms with van der Waals surface area (Å²) in [4.78, 5) is 27.6. The van der Waals surface area contributed by atoms with Gasteiger partial charge in [0.05, 0.1) is 9.90 Å². The van der Waals surface area contributed by atoms with E-state index in [0.29, 0.717) is 40.1 Å². The minimum atomic E-state index is -0.611. The van der Waals surface area contributed by atoms with E-state index in [2.05, 4.69) is 15.5 Å². The molecule has 0 spiro atoms. The van der Waals surface area contributed by atoms with E-state index in [-0.39, 0.29) is 18.4 Å². The van der Waals surface area contributed by atoms with Gasteiger partial charge in [0.1, 0.15) is 11.8 Å². The van der Waals surface area contributed by atoms with Crippen molar-refractivity contribution in [3.63, 3.8) is 0 Å². The highest BCUT2D eigenvalue weighted by atomic mass is 35.5. The number of thiophene rings is 1. The minimum Gasteiger partial charge on any atom is -0.482 e. The van der Waals surface area contributed by atoms with E-state index < -0.39 is 6.04 Å². The van der Waals surface area contributed by atoms with Gasteiger partial charge >= 0.3 is 0 Å². The second kappa shape index (κ2) is 10.8. The quantitative estimate of drug-likeness (QED) is 0.419. The third kappa shape index (κ3) is 5.37. The zero-order valence-electron chi connectivity index (χ0n) is 17.9. The molecule has 0 radical (unpaired) electrons. The molecule has 2 aromatic heterocycles. The third-order valence-corrected chi connectivity index (χ3v) is 6.33. The summed E-state index contributed by atoms with van der Waals surface area (Å²) in [5, 5.41) is 12.1. The highest BCUT2D eigenvalue weighted by molar-refractivity contribution is 7.71. The first-order valence-corrected chi connectivity index (χ1v) is 11.7. The summed E-state index contributed by atoms with van der Waals surface area (Å²) in [7, 11) is 0. The number of aromatic amines is 1. The first kappa shape index (κ1) is 24.0. The van der Waals surface area contributed by atoms with Gasteiger partial charge < -0.3 is 15.0 Å². The summed E-state index contributed by atoms with van der Waals surface area (Å²) >= 11 is 13.1. The number of benzene rings is 1. The number of hydrogen-bond acceptors (Lipinski definition) is 6. The van der Waals surface area contributed by atoms with Gasteiger partial charge in [-0.3, -0.25) is 19.3 Å². The standard InChI is InChI=1S/C21H24ClN5O3S2/c1-4-26(5-2)18(28)12-30-16-9-8-14(11-15(16)22)23-20(29)13(3)27-19(24-25-21(27)31)17-7-6-10-32-17/h6-11,13H,4-5,12H2,1-3H3,(H,23,29)(H,25,31). The van der Waals surface area contributed by atoms with Crippen molar-refractivity contribution in [2.45, 2.75) is 26.8 Å². The van der Waals surface area contributed by atoms with Crippen LogP contribution < -0.4 is 10.1 Å². The van der Waals surface area contributed by atoms with Crippen LogP contribution >= 0.6 is 35.2 Å². The van der Waals surface area contributed by atoms with E-state index in [9.17, 15) is 9.59 Å². The van der Waals surface area contributed by atoms with Gasteiger partial charge in [-0.2, -0.15) is 5.10 Å². The fraction of sp³-hybridized carbons (Fsp3) is 0.333. The molecule has 1 unspecified atom stereocenters. The van der Waals surface area contributed by atoms with Gasteiger partial charge in [-0.1, -0.05) is 17.7 Å². The Morgan fingerprint density at radius 3 is 2.72 bits per heavy atom. The number of carbonyl (C=O) groups excluding carboxylic acids is 2. The third-order valence-electron chi connectivity index (χ3n) is 4.88. The van der Waals surface area contributed by atoms with Crippen LogP contribution in [0.5, 0.6) is 5.75 Å². The molecule has 0 fully saturated rings. The van der Waals surface area contributed by atoms with Crippen molar-refractivity contribution in [1.29, 1.82) is 0 Å². The molecule has 2 N–H and O–H groups in total.